The molecule has 3 heterocycles. The van der Waals surface area contributed by atoms with E-state index in [4.69, 9.17) is 10.1 Å². The zero-order valence-corrected chi connectivity index (χ0v) is 15.9. The van der Waals surface area contributed by atoms with Crippen molar-refractivity contribution in [2.24, 2.45) is 5.92 Å². The molecule has 0 bridgehead atoms. The molecule has 0 aliphatic carbocycles. The zero-order valence-electron chi connectivity index (χ0n) is 15.9. The number of hydrogen-bond acceptors (Lipinski definition) is 5. The summed E-state index contributed by atoms with van der Waals surface area (Å²) in [6.07, 6.45) is 0. The highest BCUT2D eigenvalue weighted by Gasteiger charge is 2.62. The highest BCUT2D eigenvalue weighted by Crippen LogP contribution is 2.54. The van der Waals surface area contributed by atoms with Gasteiger partial charge in [-0.05, 0) is 37.6 Å². The first kappa shape index (κ1) is 17.2. The molecule has 142 valence electrons. The molecule has 0 fully saturated rings. The Balaban J connectivity index is 1.89. The van der Waals surface area contributed by atoms with Crippen LogP contribution < -0.4 is 10.1 Å². The Bertz CT molecular complexity index is 1240. The van der Waals surface area contributed by atoms with Crippen molar-refractivity contribution in [1.82, 2.24) is 9.78 Å². The van der Waals surface area contributed by atoms with Crippen LogP contribution in [0.1, 0.15) is 22.4 Å². The maximum absolute atomic E-state index is 13.4. The lowest BCUT2D eigenvalue weighted by atomic mass is 9.65. The molecule has 0 saturated carbocycles. The van der Waals surface area contributed by atoms with Gasteiger partial charge in [0.1, 0.15) is 11.3 Å². The smallest absolute Gasteiger partial charge is 0.241 e. The van der Waals surface area contributed by atoms with E-state index in [-0.39, 0.29) is 11.8 Å². The van der Waals surface area contributed by atoms with E-state index in [9.17, 15) is 10.1 Å². The first-order chi connectivity index (χ1) is 14.0. The Labute approximate surface area is 167 Å². The molecule has 1 aromatic heterocycles. The Kier molecular flexibility index (Phi) is 3.43. The van der Waals surface area contributed by atoms with E-state index >= 15 is 0 Å². The first-order valence-corrected chi connectivity index (χ1v) is 9.22. The Hall–Kier alpha value is -3.92. The molecule has 2 aliphatic heterocycles. The highest BCUT2D eigenvalue weighted by molar-refractivity contribution is 6.13. The van der Waals surface area contributed by atoms with Crippen molar-refractivity contribution in [2.75, 3.05) is 5.32 Å². The summed E-state index contributed by atoms with van der Waals surface area (Å²) in [5.74, 6) is -1.39. The van der Waals surface area contributed by atoms with Crippen LogP contribution in [0.2, 0.25) is 0 Å². The summed E-state index contributed by atoms with van der Waals surface area (Å²) in [6.45, 7) is 3.73. The number of rotatable bonds is 1. The van der Waals surface area contributed by atoms with E-state index in [0.717, 1.165) is 11.3 Å². The van der Waals surface area contributed by atoms with Crippen LogP contribution >= 0.6 is 0 Å². The third-order valence-corrected chi connectivity index (χ3v) is 5.65. The Morgan fingerprint density at radius 2 is 2.00 bits per heavy atom. The van der Waals surface area contributed by atoms with Gasteiger partial charge in [-0.15, -0.1) is 0 Å². The predicted octanol–water partition coefficient (Wildman–Crippen LogP) is 3.24. The van der Waals surface area contributed by atoms with E-state index in [2.05, 4.69) is 16.5 Å². The quantitative estimate of drug-likeness (QED) is 0.673. The van der Waals surface area contributed by atoms with Crippen LogP contribution in [0.15, 0.2) is 48.5 Å². The lowest BCUT2D eigenvalue weighted by molar-refractivity contribution is -0.120. The number of anilines is 1. The molecular formula is C22H17N5O2. The van der Waals surface area contributed by atoms with E-state index in [1.807, 2.05) is 55.5 Å². The van der Waals surface area contributed by atoms with Gasteiger partial charge in [-0.2, -0.15) is 10.4 Å². The standard InChI is InChI=1S/C22H17N5O2/c1-12-8-9-17-15(10-12)22(21(28)25-17)16(11-23)19(24)29-20-18(22)13(2)26-27(20)14-6-4-3-5-7-14/h3-10,16,24H,1-2H3,(H,25,28). The van der Waals surface area contributed by atoms with Crippen molar-refractivity contribution >= 4 is 17.5 Å². The normalized spacial score (nSPS) is 21.9. The molecule has 3 aromatic rings. The molecule has 2 aromatic carbocycles. The number of carbonyl (C=O) groups is 1. The summed E-state index contributed by atoms with van der Waals surface area (Å²) < 4.78 is 7.40. The van der Waals surface area contributed by atoms with Gasteiger partial charge in [0.15, 0.2) is 0 Å². The molecule has 5 rings (SSSR count). The van der Waals surface area contributed by atoms with Crippen molar-refractivity contribution in [3.05, 3.63) is 70.9 Å². The fourth-order valence-corrected chi connectivity index (χ4v) is 4.43. The molecule has 2 unspecified atom stereocenters. The maximum atomic E-state index is 13.4. The van der Waals surface area contributed by atoms with Gasteiger partial charge in [0.25, 0.3) is 0 Å². The van der Waals surface area contributed by atoms with Crippen molar-refractivity contribution in [3.8, 4) is 17.6 Å². The third kappa shape index (κ3) is 2.08. The van der Waals surface area contributed by atoms with Crippen LogP contribution in [-0.4, -0.2) is 21.6 Å². The maximum Gasteiger partial charge on any atom is 0.241 e. The van der Waals surface area contributed by atoms with Gasteiger partial charge in [0.2, 0.25) is 17.7 Å². The molecule has 0 radical (unpaired) electrons. The third-order valence-electron chi connectivity index (χ3n) is 5.65. The van der Waals surface area contributed by atoms with E-state index < -0.39 is 11.3 Å². The van der Waals surface area contributed by atoms with Gasteiger partial charge in [0.05, 0.1) is 23.0 Å². The molecule has 7 heteroatoms. The minimum absolute atomic E-state index is 0.262. The van der Waals surface area contributed by atoms with Gasteiger partial charge in [-0.25, -0.2) is 4.68 Å². The van der Waals surface area contributed by atoms with E-state index in [1.54, 1.807) is 11.6 Å². The van der Waals surface area contributed by atoms with Gasteiger partial charge in [-0.3, -0.25) is 10.2 Å². The van der Waals surface area contributed by atoms with Crippen LogP contribution in [0, 0.1) is 36.5 Å². The molecule has 29 heavy (non-hydrogen) atoms. The number of aromatic nitrogens is 2. The largest absolute Gasteiger partial charge is 0.423 e. The van der Waals surface area contributed by atoms with Gasteiger partial charge in [-0.1, -0.05) is 35.9 Å². The summed E-state index contributed by atoms with van der Waals surface area (Å²) in [6, 6.07) is 17.2. The van der Waals surface area contributed by atoms with Crippen LogP contribution in [0.25, 0.3) is 5.69 Å². The second kappa shape index (κ2) is 5.79. The zero-order chi connectivity index (χ0) is 20.3. The molecule has 0 saturated heterocycles. The number of aryl methyl sites for hydroxylation is 2. The van der Waals surface area contributed by atoms with Gasteiger partial charge < -0.3 is 10.1 Å². The summed E-state index contributed by atoms with van der Waals surface area (Å²) in [7, 11) is 0. The van der Waals surface area contributed by atoms with E-state index in [1.165, 1.54) is 0 Å². The number of benzene rings is 2. The molecule has 2 aliphatic rings. The second-order valence-corrected chi connectivity index (χ2v) is 7.35. The highest BCUT2D eigenvalue weighted by atomic mass is 16.5. The molecule has 2 N–H and O–H groups in total. The monoisotopic (exact) mass is 383 g/mol. The summed E-state index contributed by atoms with van der Waals surface area (Å²) in [5, 5.41) is 25.9. The molecule has 1 spiro atoms. The number of amides is 1. The SMILES string of the molecule is Cc1ccc2c(c1)C1(C(=O)N2)c2c(C)nn(-c3ccccc3)c2OC(=N)C1C#N. The summed E-state index contributed by atoms with van der Waals surface area (Å²) >= 11 is 0. The van der Waals surface area contributed by atoms with Crippen molar-refractivity contribution in [1.29, 1.82) is 10.7 Å². The predicted molar refractivity (Wildman–Crippen MR) is 106 cm³/mol. The van der Waals surface area contributed by atoms with Gasteiger partial charge >= 0.3 is 0 Å². The number of nitrogens with one attached hydrogen (secondary N) is 2. The lowest BCUT2D eigenvalue weighted by Crippen LogP contribution is -2.50. The summed E-state index contributed by atoms with van der Waals surface area (Å²) in [4.78, 5) is 13.4. The van der Waals surface area contributed by atoms with Crippen LogP contribution in [0.3, 0.4) is 0 Å². The number of nitrogens with zero attached hydrogens (tertiary/aromatic N) is 3. The average molecular weight is 383 g/mol. The first-order valence-electron chi connectivity index (χ1n) is 9.22. The van der Waals surface area contributed by atoms with Crippen molar-refractivity contribution in [2.45, 2.75) is 19.3 Å². The molecule has 2 atom stereocenters. The van der Waals surface area contributed by atoms with Gasteiger partial charge in [0, 0.05) is 5.69 Å². The fourth-order valence-electron chi connectivity index (χ4n) is 4.43. The number of nitriles is 1. The molecule has 7 nitrogen and oxygen atoms in total. The lowest BCUT2D eigenvalue weighted by Gasteiger charge is -2.36. The fraction of sp³-hybridized carbons (Fsp3) is 0.182. The van der Waals surface area contributed by atoms with Crippen molar-refractivity contribution in [3.63, 3.8) is 0 Å². The molecular weight excluding hydrogens is 366 g/mol. The van der Waals surface area contributed by atoms with Crippen LogP contribution in [-0.2, 0) is 10.2 Å². The Morgan fingerprint density at radius 1 is 1.24 bits per heavy atom. The minimum atomic E-state index is -1.38. The summed E-state index contributed by atoms with van der Waals surface area (Å²) in [5.41, 5.74) is 2.78. The second-order valence-electron chi connectivity index (χ2n) is 7.35. The number of para-hydroxylation sites is 1. The minimum Gasteiger partial charge on any atom is -0.423 e. The topological polar surface area (TPSA) is 104 Å². The number of fused-ring (bicyclic) bond motifs is 4. The van der Waals surface area contributed by atoms with Crippen LogP contribution in [0.5, 0.6) is 5.88 Å². The number of carbonyl (C=O) groups excluding carboxylic acids is 1. The van der Waals surface area contributed by atoms with Crippen molar-refractivity contribution < 1.29 is 9.53 Å². The average Bonchev–Trinajstić information content (AvgIpc) is 3.18. The number of hydrogen-bond donors (Lipinski definition) is 2. The Morgan fingerprint density at radius 3 is 2.72 bits per heavy atom. The van der Waals surface area contributed by atoms with Crippen LogP contribution in [0.4, 0.5) is 5.69 Å². The molecule has 1 amide bonds. The number of ether oxygens (including phenoxy) is 1. The van der Waals surface area contributed by atoms with E-state index in [0.29, 0.717) is 28.4 Å².